The van der Waals surface area contributed by atoms with E-state index in [1.54, 1.807) is 31.5 Å². The third-order valence-corrected chi connectivity index (χ3v) is 6.58. The summed E-state index contributed by atoms with van der Waals surface area (Å²) in [4.78, 5) is 6.53. The van der Waals surface area contributed by atoms with Crippen LogP contribution in [0.25, 0.3) is 5.69 Å². The second-order valence-corrected chi connectivity index (χ2v) is 8.89. The Morgan fingerprint density at radius 1 is 1.06 bits per heavy atom. The number of benzene rings is 2. The van der Waals surface area contributed by atoms with E-state index in [-0.39, 0.29) is 17.8 Å². The van der Waals surface area contributed by atoms with E-state index in [1.165, 1.54) is 0 Å². The van der Waals surface area contributed by atoms with Crippen LogP contribution in [0.4, 0.5) is 5.69 Å². The largest absolute Gasteiger partial charge is 0.506 e. The minimum Gasteiger partial charge on any atom is -0.506 e. The van der Waals surface area contributed by atoms with E-state index in [0.717, 1.165) is 28.5 Å². The molecular weight excluding hydrogens is 468 g/mol. The Morgan fingerprint density at radius 2 is 1.85 bits per heavy atom. The predicted molar refractivity (Wildman–Crippen MR) is 138 cm³/mol. The number of nitrogens with zero attached hydrogens (tertiary/aromatic N) is 3. The van der Waals surface area contributed by atoms with Crippen molar-refractivity contribution in [1.29, 1.82) is 0 Å². The summed E-state index contributed by atoms with van der Waals surface area (Å²) in [6.07, 6.45) is 1.77. The molecule has 2 unspecified atom stereocenters. The van der Waals surface area contributed by atoms with Gasteiger partial charge < -0.3 is 24.6 Å². The Hall–Kier alpha value is -3.55. The number of aromatic nitrogens is 2. The van der Waals surface area contributed by atoms with E-state index in [1.807, 2.05) is 47.4 Å². The van der Waals surface area contributed by atoms with Crippen LogP contribution >= 0.6 is 23.8 Å². The van der Waals surface area contributed by atoms with Gasteiger partial charge in [0.05, 0.1) is 24.5 Å². The number of pyridine rings is 1. The number of phenols is 1. The van der Waals surface area contributed by atoms with Gasteiger partial charge in [0.2, 0.25) is 0 Å². The van der Waals surface area contributed by atoms with Crippen molar-refractivity contribution in [2.75, 3.05) is 12.0 Å². The third-order valence-electron chi connectivity index (χ3n) is 6.03. The Balaban J connectivity index is 1.71. The van der Waals surface area contributed by atoms with Crippen molar-refractivity contribution in [2.45, 2.75) is 19.0 Å². The van der Waals surface area contributed by atoms with Crippen LogP contribution in [-0.2, 0) is 0 Å². The Bertz CT molecular complexity index is 1340. The predicted octanol–water partition coefficient (Wildman–Crippen LogP) is 5.73. The third kappa shape index (κ3) is 3.87. The molecule has 1 aliphatic rings. The van der Waals surface area contributed by atoms with Crippen molar-refractivity contribution in [3.05, 3.63) is 101 Å². The van der Waals surface area contributed by atoms with Gasteiger partial charge in [-0.1, -0.05) is 17.7 Å². The molecule has 2 atom stereocenters. The molecular formula is C26H23ClN4O2S. The lowest BCUT2D eigenvalue weighted by molar-refractivity contribution is 0.414. The lowest BCUT2D eigenvalue weighted by Gasteiger charge is -2.30. The summed E-state index contributed by atoms with van der Waals surface area (Å²) in [6, 6.07) is 22.3. The number of thiocarbonyl (C=S) groups is 1. The number of aromatic hydroxyl groups is 1. The lowest BCUT2D eigenvalue weighted by Crippen LogP contribution is -2.30. The lowest BCUT2D eigenvalue weighted by atomic mass is 10.0. The Kier molecular flexibility index (Phi) is 5.89. The van der Waals surface area contributed by atoms with Crippen molar-refractivity contribution < 1.29 is 9.84 Å². The van der Waals surface area contributed by atoms with E-state index in [4.69, 9.17) is 28.6 Å². The van der Waals surface area contributed by atoms with Crippen molar-refractivity contribution >= 4 is 34.6 Å². The van der Waals surface area contributed by atoms with Gasteiger partial charge in [-0.15, -0.1) is 0 Å². The fourth-order valence-electron chi connectivity index (χ4n) is 4.48. The molecule has 4 aromatic rings. The molecule has 0 radical (unpaired) electrons. The summed E-state index contributed by atoms with van der Waals surface area (Å²) in [5, 5.41) is 15.2. The quantitative estimate of drug-likeness (QED) is 0.348. The first kappa shape index (κ1) is 22.3. The van der Waals surface area contributed by atoms with Gasteiger partial charge in [-0.25, -0.2) is 0 Å². The molecule has 2 N–H and O–H groups in total. The van der Waals surface area contributed by atoms with Gasteiger partial charge in [-0.3, -0.25) is 4.98 Å². The number of anilines is 1. The number of nitrogens with one attached hydrogen (secondary N) is 1. The van der Waals surface area contributed by atoms with Gasteiger partial charge >= 0.3 is 0 Å². The molecule has 0 spiro atoms. The monoisotopic (exact) mass is 490 g/mol. The van der Waals surface area contributed by atoms with Crippen LogP contribution in [0.15, 0.2) is 79.0 Å². The van der Waals surface area contributed by atoms with Gasteiger partial charge in [0, 0.05) is 28.3 Å². The number of ether oxygens (including phenoxy) is 1. The summed E-state index contributed by atoms with van der Waals surface area (Å²) in [5.41, 5.74) is 4.43. The molecule has 2 aromatic heterocycles. The molecule has 34 heavy (non-hydrogen) atoms. The first-order chi connectivity index (χ1) is 16.5. The van der Waals surface area contributed by atoms with E-state index < -0.39 is 0 Å². The zero-order valence-corrected chi connectivity index (χ0v) is 20.2. The zero-order valence-electron chi connectivity index (χ0n) is 18.6. The first-order valence-corrected chi connectivity index (χ1v) is 11.6. The van der Waals surface area contributed by atoms with Gasteiger partial charge in [-0.05, 0) is 85.9 Å². The van der Waals surface area contributed by atoms with Gasteiger partial charge in [0.1, 0.15) is 17.5 Å². The molecule has 2 aromatic carbocycles. The van der Waals surface area contributed by atoms with Crippen molar-refractivity contribution in [3.63, 3.8) is 0 Å². The number of rotatable bonds is 5. The number of methoxy groups -OCH3 is 1. The minimum absolute atomic E-state index is 0.0968. The Morgan fingerprint density at radius 3 is 2.56 bits per heavy atom. The molecule has 1 aliphatic heterocycles. The smallest absolute Gasteiger partial charge is 0.174 e. The normalized spacial score (nSPS) is 17.6. The Labute approximate surface area is 208 Å². The van der Waals surface area contributed by atoms with Gasteiger partial charge in [0.15, 0.2) is 5.11 Å². The zero-order chi connectivity index (χ0) is 23.8. The standard InChI is InChI=1S/C26H23ClN4O2S/c1-16-6-12-21(30(16)18-8-10-19(33-2)11-9-18)25-24(20-5-3-4-14-28-20)29-26(34)31(25)22-15-17(27)7-13-23(22)32/h3-15,24-25,32H,1-2H3,(H,29,34). The van der Waals surface area contributed by atoms with E-state index >= 15 is 0 Å². The second-order valence-electron chi connectivity index (χ2n) is 8.06. The number of hydrogen-bond donors (Lipinski definition) is 2. The molecule has 0 saturated carbocycles. The molecule has 0 amide bonds. The molecule has 3 heterocycles. The first-order valence-electron chi connectivity index (χ1n) is 10.8. The van der Waals surface area contributed by atoms with Crippen LogP contribution in [0, 0.1) is 6.92 Å². The summed E-state index contributed by atoms with van der Waals surface area (Å²) < 4.78 is 7.53. The van der Waals surface area contributed by atoms with Gasteiger partial charge in [0.25, 0.3) is 0 Å². The van der Waals surface area contributed by atoms with Crippen LogP contribution < -0.4 is 15.0 Å². The van der Waals surface area contributed by atoms with E-state index in [0.29, 0.717) is 15.8 Å². The molecule has 1 fully saturated rings. The second kappa shape index (κ2) is 9.00. The summed E-state index contributed by atoms with van der Waals surface area (Å²) in [6.45, 7) is 2.06. The van der Waals surface area contributed by atoms with Crippen LogP contribution in [0.2, 0.25) is 5.02 Å². The summed E-state index contributed by atoms with van der Waals surface area (Å²) in [7, 11) is 1.65. The SMILES string of the molecule is COc1ccc(-n2c(C)ccc2C2C(c3ccccn3)NC(=S)N2c2cc(Cl)ccc2O)cc1. The highest BCUT2D eigenvalue weighted by Crippen LogP contribution is 2.45. The highest BCUT2D eigenvalue weighted by atomic mass is 35.5. The number of phenolic OH excluding ortho intramolecular Hbond substituents is 1. The molecule has 172 valence electrons. The maximum Gasteiger partial charge on any atom is 0.174 e. The topological polar surface area (TPSA) is 62.5 Å². The summed E-state index contributed by atoms with van der Waals surface area (Å²) in [5.74, 6) is 0.884. The molecule has 0 bridgehead atoms. The number of halogens is 1. The maximum atomic E-state index is 10.8. The average Bonchev–Trinajstić information content (AvgIpc) is 3.40. The highest BCUT2D eigenvalue weighted by molar-refractivity contribution is 7.80. The summed E-state index contributed by atoms with van der Waals surface area (Å²) >= 11 is 12.1. The number of hydrogen-bond acceptors (Lipinski definition) is 4. The van der Waals surface area contributed by atoms with Crippen LogP contribution in [0.1, 0.15) is 29.2 Å². The maximum absolute atomic E-state index is 10.8. The fourth-order valence-corrected chi connectivity index (χ4v) is 4.98. The van der Waals surface area contributed by atoms with E-state index in [2.05, 4.69) is 33.9 Å². The van der Waals surface area contributed by atoms with Gasteiger partial charge in [-0.2, -0.15) is 0 Å². The van der Waals surface area contributed by atoms with Crippen LogP contribution in [0.5, 0.6) is 11.5 Å². The van der Waals surface area contributed by atoms with Crippen molar-refractivity contribution in [2.24, 2.45) is 0 Å². The fraction of sp³-hybridized carbons (Fsp3) is 0.154. The molecule has 6 nitrogen and oxygen atoms in total. The molecule has 5 rings (SSSR count). The van der Waals surface area contributed by atoms with Crippen molar-refractivity contribution in [3.8, 4) is 17.2 Å². The number of aryl methyl sites for hydroxylation is 1. The highest BCUT2D eigenvalue weighted by Gasteiger charge is 2.43. The van der Waals surface area contributed by atoms with E-state index in [9.17, 15) is 5.11 Å². The molecule has 1 saturated heterocycles. The van der Waals surface area contributed by atoms with Crippen LogP contribution in [0.3, 0.4) is 0 Å². The average molecular weight is 491 g/mol. The molecule has 0 aliphatic carbocycles. The molecule has 8 heteroatoms. The minimum atomic E-state index is -0.303. The van der Waals surface area contributed by atoms with Crippen molar-refractivity contribution in [1.82, 2.24) is 14.9 Å². The van der Waals surface area contributed by atoms with Crippen LogP contribution in [-0.4, -0.2) is 26.9 Å².